The van der Waals surface area contributed by atoms with Gasteiger partial charge in [-0.05, 0) is 6.92 Å². The number of hydrogen-bond acceptors (Lipinski definition) is 9. The molecule has 0 aliphatic heterocycles. The maximum atomic E-state index is 13.2. The highest BCUT2D eigenvalue weighted by Crippen LogP contribution is 2.45. The molecule has 0 bridgehead atoms. The molecule has 0 aliphatic carbocycles. The molecule has 0 saturated heterocycles. The number of phenolic OH excluding ortho intramolecular Hbond substituents is 2. The van der Waals surface area contributed by atoms with E-state index < -0.39 is 57.4 Å². The fraction of sp³-hybridized carbons (Fsp3) is 0.320. The lowest BCUT2D eigenvalue weighted by Crippen LogP contribution is -2.20. The summed E-state index contributed by atoms with van der Waals surface area (Å²) in [4.78, 5) is 62.5. The number of ketones is 3. The molecule has 0 aromatic heterocycles. The molecule has 2 aromatic rings. The highest BCUT2D eigenvalue weighted by Gasteiger charge is 2.35. The van der Waals surface area contributed by atoms with E-state index in [1.165, 1.54) is 27.7 Å². The Morgan fingerprint density at radius 3 is 1.94 bits per heavy atom. The van der Waals surface area contributed by atoms with Crippen molar-refractivity contribution in [2.45, 2.75) is 53.6 Å². The van der Waals surface area contributed by atoms with Gasteiger partial charge in [0.25, 0.3) is 0 Å². The summed E-state index contributed by atoms with van der Waals surface area (Å²) in [6.07, 6.45) is -0.473. The van der Waals surface area contributed by atoms with Crippen LogP contribution in [0.2, 0.25) is 0 Å². The van der Waals surface area contributed by atoms with Gasteiger partial charge in [0.15, 0.2) is 28.8 Å². The van der Waals surface area contributed by atoms with Gasteiger partial charge in [0.2, 0.25) is 5.75 Å². The van der Waals surface area contributed by atoms with Crippen LogP contribution in [-0.2, 0) is 16.1 Å². The quantitative estimate of drug-likeness (QED) is 0.226. The van der Waals surface area contributed by atoms with Crippen molar-refractivity contribution in [3.63, 3.8) is 0 Å². The number of carbonyl (C=O) groups excluding carboxylic acids is 5. The van der Waals surface area contributed by atoms with Crippen molar-refractivity contribution in [2.24, 2.45) is 0 Å². The molecule has 0 heterocycles. The second-order valence-corrected chi connectivity index (χ2v) is 7.32. The van der Waals surface area contributed by atoms with Gasteiger partial charge in [0, 0.05) is 30.4 Å². The first kappa shape index (κ1) is 26.2. The molecule has 0 unspecified atom stereocenters. The van der Waals surface area contributed by atoms with Gasteiger partial charge in [-0.3, -0.25) is 19.2 Å². The van der Waals surface area contributed by atoms with Crippen molar-refractivity contribution < 1.29 is 43.7 Å². The van der Waals surface area contributed by atoms with Gasteiger partial charge < -0.3 is 19.7 Å². The molecule has 2 N–H and O–H groups in total. The number of rotatable bonds is 10. The number of esters is 2. The molecule has 0 atom stereocenters. The monoisotopic (exact) mass is 470 g/mol. The molecule has 2 aromatic carbocycles. The minimum atomic E-state index is -1.17. The Morgan fingerprint density at radius 2 is 1.38 bits per heavy atom. The molecule has 2 rings (SSSR count). The third kappa shape index (κ3) is 5.31. The van der Waals surface area contributed by atoms with Crippen LogP contribution in [0.5, 0.6) is 17.2 Å². The van der Waals surface area contributed by atoms with Crippen LogP contribution < -0.4 is 4.74 Å². The van der Waals surface area contributed by atoms with Gasteiger partial charge in [0.05, 0.1) is 16.7 Å². The van der Waals surface area contributed by atoms with E-state index in [2.05, 4.69) is 0 Å². The van der Waals surface area contributed by atoms with Gasteiger partial charge in [-0.2, -0.15) is 0 Å². The normalized spacial score (nSPS) is 10.5. The Labute approximate surface area is 196 Å². The lowest BCUT2D eigenvalue weighted by atomic mass is 9.91. The second-order valence-electron chi connectivity index (χ2n) is 7.32. The molecule has 0 radical (unpaired) electrons. The van der Waals surface area contributed by atoms with Crippen molar-refractivity contribution in [2.75, 3.05) is 0 Å². The summed E-state index contributed by atoms with van der Waals surface area (Å²) in [7, 11) is 0. The Hall–Kier alpha value is -4.01. The zero-order chi connectivity index (χ0) is 25.6. The zero-order valence-electron chi connectivity index (χ0n) is 19.4. The fourth-order valence-electron chi connectivity index (χ4n) is 3.29. The number of carbonyl (C=O) groups is 5. The maximum absolute atomic E-state index is 13.2. The van der Waals surface area contributed by atoms with Crippen molar-refractivity contribution in [3.05, 3.63) is 52.1 Å². The Kier molecular flexibility index (Phi) is 8.66. The molecule has 9 heteroatoms. The third-order valence-electron chi connectivity index (χ3n) is 5.07. The van der Waals surface area contributed by atoms with Crippen molar-refractivity contribution in [1.82, 2.24) is 0 Å². The lowest BCUT2D eigenvalue weighted by molar-refractivity contribution is -0.134. The Bertz CT molecular complexity index is 1160. The highest BCUT2D eigenvalue weighted by molar-refractivity contribution is 6.17. The van der Waals surface area contributed by atoms with E-state index in [9.17, 15) is 34.2 Å². The van der Waals surface area contributed by atoms with Crippen LogP contribution in [0.25, 0.3) is 0 Å². The number of aromatic hydroxyl groups is 2. The second kappa shape index (κ2) is 11.2. The van der Waals surface area contributed by atoms with Crippen LogP contribution in [0.15, 0.2) is 24.3 Å². The van der Waals surface area contributed by atoms with Gasteiger partial charge >= 0.3 is 11.9 Å². The number of hydrogen-bond donors (Lipinski definition) is 2. The standard InChI is InChI=1S/C25H26O9/c1-5-16(27)19-21(25(32)33-12-14-10-8-9-11-15(14)13(4)26)20(17(28)6-2)24(23(31)22(19)30)34-18(29)7-3/h8-11,30-31H,5-7,12H2,1-4H3. The average molecular weight is 470 g/mol. The summed E-state index contributed by atoms with van der Waals surface area (Å²) >= 11 is 0. The maximum Gasteiger partial charge on any atom is 0.340 e. The van der Waals surface area contributed by atoms with Crippen molar-refractivity contribution in [1.29, 1.82) is 0 Å². The predicted molar refractivity (Wildman–Crippen MR) is 121 cm³/mol. The van der Waals surface area contributed by atoms with Gasteiger partial charge in [0.1, 0.15) is 6.61 Å². The van der Waals surface area contributed by atoms with Crippen LogP contribution in [0.1, 0.15) is 94.0 Å². The van der Waals surface area contributed by atoms with Gasteiger partial charge in [-0.15, -0.1) is 0 Å². The molecule has 0 aliphatic rings. The van der Waals surface area contributed by atoms with E-state index >= 15 is 0 Å². The lowest BCUT2D eigenvalue weighted by Gasteiger charge is -2.19. The fourth-order valence-corrected chi connectivity index (χ4v) is 3.29. The van der Waals surface area contributed by atoms with Crippen LogP contribution >= 0.6 is 0 Å². The molecule has 34 heavy (non-hydrogen) atoms. The van der Waals surface area contributed by atoms with E-state index in [1.807, 2.05) is 0 Å². The third-order valence-corrected chi connectivity index (χ3v) is 5.07. The first-order chi connectivity index (χ1) is 16.1. The first-order valence-corrected chi connectivity index (χ1v) is 10.7. The van der Waals surface area contributed by atoms with E-state index in [0.717, 1.165) is 0 Å². The van der Waals surface area contributed by atoms with E-state index in [4.69, 9.17) is 9.47 Å². The molecular formula is C25H26O9. The zero-order valence-corrected chi connectivity index (χ0v) is 19.4. The predicted octanol–water partition coefficient (Wildman–Crippen LogP) is 4.16. The summed E-state index contributed by atoms with van der Waals surface area (Å²) in [6, 6.07) is 6.41. The topological polar surface area (TPSA) is 144 Å². The average Bonchev–Trinajstić information content (AvgIpc) is 2.83. The smallest absolute Gasteiger partial charge is 0.340 e. The molecule has 0 fully saturated rings. The van der Waals surface area contributed by atoms with Crippen molar-refractivity contribution in [3.8, 4) is 17.2 Å². The molecule has 0 saturated carbocycles. The van der Waals surface area contributed by atoms with Gasteiger partial charge in [-0.25, -0.2) is 4.79 Å². The summed E-state index contributed by atoms with van der Waals surface area (Å²) < 4.78 is 10.4. The summed E-state index contributed by atoms with van der Waals surface area (Å²) in [5.74, 6) is -6.48. The van der Waals surface area contributed by atoms with E-state index in [1.54, 1.807) is 24.3 Å². The molecule has 0 spiro atoms. The first-order valence-electron chi connectivity index (χ1n) is 10.7. The van der Waals surface area contributed by atoms with Crippen molar-refractivity contribution >= 4 is 29.3 Å². The largest absolute Gasteiger partial charge is 0.504 e. The number of benzene rings is 2. The summed E-state index contributed by atoms with van der Waals surface area (Å²) in [6.45, 7) is 5.38. The Morgan fingerprint density at radius 1 is 0.794 bits per heavy atom. The summed E-state index contributed by atoms with van der Waals surface area (Å²) in [5.41, 5.74) is -1.07. The molecular weight excluding hydrogens is 444 g/mol. The number of Topliss-reactive ketones (excluding diaryl/α,β-unsaturated/α-hetero) is 3. The minimum absolute atomic E-state index is 0.128. The highest BCUT2D eigenvalue weighted by atomic mass is 16.5. The van der Waals surface area contributed by atoms with Crippen LogP contribution in [0.3, 0.4) is 0 Å². The van der Waals surface area contributed by atoms with Crippen LogP contribution in [0.4, 0.5) is 0 Å². The number of phenols is 2. The Balaban J connectivity index is 2.73. The SMILES string of the molecule is CCC(=O)Oc1c(O)c(O)c(C(=O)CC)c(C(=O)OCc2ccccc2C(C)=O)c1C(=O)CC. The molecule has 180 valence electrons. The van der Waals surface area contributed by atoms with Crippen LogP contribution in [-0.4, -0.2) is 39.5 Å². The molecule has 0 amide bonds. The summed E-state index contributed by atoms with van der Waals surface area (Å²) in [5, 5.41) is 21.0. The van der Waals surface area contributed by atoms with E-state index in [-0.39, 0.29) is 31.7 Å². The minimum Gasteiger partial charge on any atom is -0.504 e. The van der Waals surface area contributed by atoms with Crippen LogP contribution in [0, 0.1) is 0 Å². The number of ether oxygens (including phenoxy) is 2. The van der Waals surface area contributed by atoms with E-state index in [0.29, 0.717) is 11.1 Å². The van der Waals surface area contributed by atoms with Gasteiger partial charge in [-0.1, -0.05) is 45.0 Å². The molecule has 9 nitrogen and oxygen atoms in total.